The number of carbonyl (C=O) groups is 2. The number of hydrogen-bond donors (Lipinski definition) is 0. The Morgan fingerprint density at radius 2 is 1.87 bits per heavy atom. The number of likely N-dealkylation sites (tertiary alicyclic amines) is 1. The lowest BCUT2D eigenvalue weighted by Crippen LogP contribution is -2.41. The summed E-state index contributed by atoms with van der Waals surface area (Å²) in [7, 11) is 0. The fourth-order valence-electron chi connectivity index (χ4n) is 3.28. The zero-order valence-corrected chi connectivity index (χ0v) is 13.3. The van der Waals surface area contributed by atoms with E-state index in [0.29, 0.717) is 13.2 Å². The van der Waals surface area contributed by atoms with Gasteiger partial charge in [0.2, 0.25) is 0 Å². The minimum Gasteiger partial charge on any atom is -0.465 e. The first-order chi connectivity index (χ1) is 11.2. The minimum absolute atomic E-state index is 0.000597. The van der Waals surface area contributed by atoms with Gasteiger partial charge in [-0.2, -0.15) is 0 Å². The Labute approximate surface area is 137 Å². The molecule has 0 bridgehead atoms. The molecular weight excluding hydrogens is 290 g/mol. The van der Waals surface area contributed by atoms with Crippen molar-refractivity contribution >= 4 is 11.9 Å². The molecule has 1 aliphatic heterocycles. The minimum atomic E-state index is -0.0958. The number of rotatable bonds is 4. The summed E-state index contributed by atoms with van der Waals surface area (Å²) in [5, 5.41) is 0. The number of esters is 1. The molecule has 2 aliphatic rings. The number of nitrogens with zero attached hydrogens (tertiary/aromatic N) is 1. The number of piperidine rings is 1. The van der Waals surface area contributed by atoms with E-state index in [0.717, 1.165) is 37.8 Å². The van der Waals surface area contributed by atoms with Gasteiger partial charge in [-0.15, -0.1) is 0 Å². The van der Waals surface area contributed by atoms with Gasteiger partial charge in [-0.3, -0.25) is 9.59 Å². The van der Waals surface area contributed by atoms with E-state index in [-0.39, 0.29) is 23.7 Å². The average Bonchev–Trinajstić information content (AvgIpc) is 3.15. The molecule has 1 heterocycles. The lowest BCUT2D eigenvalue weighted by molar-refractivity contribution is -0.149. The van der Waals surface area contributed by atoms with Gasteiger partial charge in [0.25, 0.3) is 5.91 Å². The Balaban J connectivity index is 1.50. The number of hydrogen-bond acceptors (Lipinski definition) is 3. The molecule has 1 fully saturated rings. The first-order valence-electron chi connectivity index (χ1n) is 8.40. The van der Waals surface area contributed by atoms with E-state index in [1.807, 2.05) is 47.4 Å². The van der Waals surface area contributed by atoms with Crippen LogP contribution in [0, 0.1) is 11.8 Å². The average molecular weight is 313 g/mol. The predicted molar refractivity (Wildman–Crippen MR) is 87.9 cm³/mol. The molecule has 0 N–H and O–H groups in total. The summed E-state index contributed by atoms with van der Waals surface area (Å²) in [5.41, 5.74) is 0.724. The Morgan fingerprint density at radius 1 is 1.13 bits per heavy atom. The first-order valence-corrected chi connectivity index (χ1v) is 8.40. The van der Waals surface area contributed by atoms with Gasteiger partial charge >= 0.3 is 5.97 Å². The largest absolute Gasteiger partial charge is 0.465 e. The van der Waals surface area contributed by atoms with E-state index in [4.69, 9.17) is 4.74 Å². The smallest absolute Gasteiger partial charge is 0.309 e. The molecule has 1 aliphatic carbocycles. The van der Waals surface area contributed by atoms with Crippen molar-refractivity contribution in [1.29, 1.82) is 0 Å². The molecule has 3 rings (SSSR count). The van der Waals surface area contributed by atoms with E-state index in [1.54, 1.807) is 0 Å². The highest BCUT2D eigenvalue weighted by Crippen LogP contribution is 2.22. The monoisotopic (exact) mass is 313 g/mol. The van der Waals surface area contributed by atoms with E-state index in [1.165, 1.54) is 0 Å². The highest BCUT2D eigenvalue weighted by atomic mass is 16.5. The van der Waals surface area contributed by atoms with E-state index in [2.05, 4.69) is 0 Å². The molecule has 4 nitrogen and oxygen atoms in total. The third-order valence-corrected chi connectivity index (χ3v) is 4.63. The molecule has 1 unspecified atom stereocenters. The molecule has 0 saturated carbocycles. The van der Waals surface area contributed by atoms with Crippen LogP contribution in [0.5, 0.6) is 0 Å². The highest BCUT2D eigenvalue weighted by molar-refractivity contribution is 5.94. The van der Waals surface area contributed by atoms with Crippen molar-refractivity contribution in [3.63, 3.8) is 0 Å². The van der Waals surface area contributed by atoms with Crippen LogP contribution < -0.4 is 0 Å². The van der Waals surface area contributed by atoms with Crippen LogP contribution in [0.4, 0.5) is 0 Å². The number of carbonyl (C=O) groups excluding carboxylic acids is 2. The van der Waals surface area contributed by atoms with Crippen molar-refractivity contribution in [2.45, 2.75) is 25.7 Å². The zero-order valence-electron chi connectivity index (χ0n) is 13.3. The van der Waals surface area contributed by atoms with E-state index < -0.39 is 0 Å². The van der Waals surface area contributed by atoms with Crippen LogP contribution in [0.25, 0.3) is 0 Å². The third kappa shape index (κ3) is 4.01. The number of amides is 1. The first kappa shape index (κ1) is 15.8. The van der Waals surface area contributed by atoms with Gasteiger partial charge < -0.3 is 9.64 Å². The molecule has 0 spiro atoms. The van der Waals surface area contributed by atoms with Crippen molar-refractivity contribution in [3.8, 4) is 0 Å². The van der Waals surface area contributed by atoms with Crippen molar-refractivity contribution in [2.75, 3.05) is 19.7 Å². The maximum absolute atomic E-state index is 12.5. The topological polar surface area (TPSA) is 46.6 Å². The van der Waals surface area contributed by atoms with Crippen LogP contribution in [-0.4, -0.2) is 36.5 Å². The van der Waals surface area contributed by atoms with Gasteiger partial charge in [-0.05, 0) is 37.8 Å². The third-order valence-electron chi connectivity index (χ3n) is 4.63. The standard InChI is InChI=1S/C19H23NO3/c21-18(16-8-2-1-3-9-16)20-12-6-7-15(13-20)14-23-19(22)17-10-4-5-11-17/h1-5,8-9,15,17H,6-7,10-14H2. The maximum atomic E-state index is 12.5. The molecule has 4 heteroatoms. The SMILES string of the molecule is O=C(OCC1CCCN(C(=O)c2ccccc2)C1)C1CC=CC1. The van der Waals surface area contributed by atoms with E-state index in [9.17, 15) is 9.59 Å². The number of benzene rings is 1. The molecule has 1 saturated heterocycles. The Hall–Kier alpha value is -2.10. The molecule has 122 valence electrons. The molecule has 0 aromatic heterocycles. The fourth-order valence-corrected chi connectivity index (χ4v) is 3.28. The van der Waals surface area contributed by atoms with Crippen LogP contribution >= 0.6 is 0 Å². The Bertz CT molecular complexity index is 574. The quantitative estimate of drug-likeness (QED) is 0.634. The highest BCUT2D eigenvalue weighted by Gasteiger charge is 2.27. The summed E-state index contributed by atoms with van der Waals surface area (Å²) in [6, 6.07) is 9.36. The molecule has 1 aromatic rings. The normalized spacial score (nSPS) is 21.4. The van der Waals surface area contributed by atoms with Gasteiger partial charge in [0.15, 0.2) is 0 Å². The summed E-state index contributed by atoms with van der Waals surface area (Å²) < 4.78 is 5.48. The maximum Gasteiger partial charge on any atom is 0.309 e. The zero-order chi connectivity index (χ0) is 16.1. The molecule has 0 radical (unpaired) electrons. The lowest BCUT2D eigenvalue weighted by Gasteiger charge is -2.32. The summed E-state index contributed by atoms with van der Waals surface area (Å²) in [6.45, 7) is 1.88. The van der Waals surface area contributed by atoms with Crippen LogP contribution in [0.3, 0.4) is 0 Å². The fraction of sp³-hybridized carbons (Fsp3) is 0.474. The second kappa shape index (κ2) is 7.44. The molecular formula is C19H23NO3. The van der Waals surface area contributed by atoms with Crippen molar-refractivity contribution in [1.82, 2.24) is 4.90 Å². The molecule has 1 atom stereocenters. The lowest BCUT2D eigenvalue weighted by atomic mass is 9.98. The second-order valence-electron chi connectivity index (χ2n) is 6.40. The molecule has 23 heavy (non-hydrogen) atoms. The predicted octanol–water partition coefficient (Wildman–Crippen LogP) is 3.05. The van der Waals surface area contributed by atoms with Crippen molar-refractivity contribution in [2.24, 2.45) is 11.8 Å². The van der Waals surface area contributed by atoms with E-state index >= 15 is 0 Å². The number of ether oxygens (including phenoxy) is 1. The van der Waals surface area contributed by atoms with Gasteiger partial charge in [-0.1, -0.05) is 30.4 Å². The molecule has 1 amide bonds. The van der Waals surface area contributed by atoms with Gasteiger partial charge in [0.1, 0.15) is 0 Å². The van der Waals surface area contributed by atoms with Crippen LogP contribution in [-0.2, 0) is 9.53 Å². The Kier molecular flexibility index (Phi) is 5.11. The summed E-state index contributed by atoms with van der Waals surface area (Å²) >= 11 is 0. The van der Waals surface area contributed by atoms with Gasteiger partial charge in [-0.25, -0.2) is 0 Å². The number of allylic oxidation sites excluding steroid dienone is 2. The molecule has 1 aromatic carbocycles. The van der Waals surface area contributed by atoms with Gasteiger partial charge in [0.05, 0.1) is 12.5 Å². The van der Waals surface area contributed by atoms with Crippen LogP contribution in [0.15, 0.2) is 42.5 Å². The Morgan fingerprint density at radius 3 is 2.61 bits per heavy atom. The van der Waals surface area contributed by atoms with Crippen LogP contribution in [0.1, 0.15) is 36.0 Å². The van der Waals surface area contributed by atoms with Gasteiger partial charge in [0, 0.05) is 24.6 Å². The summed E-state index contributed by atoms with van der Waals surface area (Å²) in [6.07, 6.45) is 7.63. The summed E-state index contributed by atoms with van der Waals surface area (Å²) in [4.78, 5) is 26.4. The van der Waals surface area contributed by atoms with Crippen molar-refractivity contribution < 1.29 is 14.3 Å². The van der Waals surface area contributed by atoms with Crippen LogP contribution in [0.2, 0.25) is 0 Å². The van der Waals surface area contributed by atoms with Crippen molar-refractivity contribution in [3.05, 3.63) is 48.0 Å². The second-order valence-corrected chi connectivity index (χ2v) is 6.40. The summed E-state index contributed by atoms with van der Waals surface area (Å²) in [5.74, 6) is 0.221.